The van der Waals surface area contributed by atoms with Crippen molar-refractivity contribution in [1.82, 2.24) is 0 Å². The van der Waals surface area contributed by atoms with Crippen molar-refractivity contribution in [3.05, 3.63) is 47.9 Å². The summed E-state index contributed by atoms with van der Waals surface area (Å²) in [6.07, 6.45) is 0. The first-order valence-electron chi connectivity index (χ1n) is 6.25. The van der Waals surface area contributed by atoms with Gasteiger partial charge in [0.05, 0.1) is 11.5 Å². The van der Waals surface area contributed by atoms with Gasteiger partial charge in [-0.3, -0.25) is 0 Å². The second-order valence-corrected chi connectivity index (χ2v) is 12.6. The predicted molar refractivity (Wildman–Crippen MR) is 94.9 cm³/mol. The topological polar surface area (TPSA) is 146 Å². The molecule has 144 valence electrons. The van der Waals surface area contributed by atoms with E-state index in [1.54, 1.807) is 0 Å². The van der Waals surface area contributed by atoms with Gasteiger partial charge >= 0.3 is 0 Å². The highest BCUT2D eigenvalue weighted by atomic mass is 32.2. The minimum Gasteiger partial charge on any atom is -0.340 e. The van der Waals surface area contributed by atoms with Crippen LogP contribution in [0, 0.1) is 0 Å². The van der Waals surface area contributed by atoms with Crippen LogP contribution in [0.15, 0.2) is 47.9 Å². The Morgan fingerprint density at radius 3 is 1.08 bits per heavy atom. The lowest BCUT2D eigenvalue weighted by Gasteiger charge is -2.22. The van der Waals surface area contributed by atoms with Crippen LogP contribution in [-0.4, -0.2) is 56.0 Å². The smallest absolute Gasteiger partial charge is 0.198 e. The fourth-order valence-corrected chi connectivity index (χ4v) is 6.24. The Bertz CT molecular complexity index is 872. The molecule has 0 bridgehead atoms. The summed E-state index contributed by atoms with van der Waals surface area (Å²) < 4.78 is 99.1. The van der Waals surface area contributed by atoms with Gasteiger partial charge in [-0.25, -0.2) is 33.7 Å². The molecule has 0 aromatic carbocycles. The average Bonchev–Trinajstić information content (AvgIpc) is 2.53. The maximum Gasteiger partial charge on any atom is 0.198 e. The van der Waals surface area contributed by atoms with Crippen molar-refractivity contribution >= 4 is 39.3 Å². The Balaban J connectivity index is 6.16. The van der Waals surface area contributed by atoms with Crippen molar-refractivity contribution in [2.75, 3.05) is 11.5 Å². The van der Waals surface area contributed by atoms with E-state index >= 15 is 0 Å². The summed E-state index contributed by atoms with van der Waals surface area (Å²) in [6.45, 7) is 12.0. The Kier molecular flexibility index (Phi) is 7.97. The Morgan fingerprint density at radius 2 is 0.880 bits per heavy atom. The summed E-state index contributed by atoms with van der Waals surface area (Å²) in [5.41, 5.74) is -4.43. The molecule has 25 heavy (non-hydrogen) atoms. The van der Waals surface area contributed by atoms with Crippen LogP contribution in [0.1, 0.15) is 0 Å². The molecular formula is C12H18O9S4. The molecule has 0 aliphatic heterocycles. The highest BCUT2D eigenvalue weighted by Gasteiger charge is 2.37. The number of hydrogen-bond acceptors (Lipinski definition) is 9. The highest BCUT2D eigenvalue weighted by Crippen LogP contribution is 2.18. The molecule has 0 aromatic rings. The summed E-state index contributed by atoms with van der Waals surface area (Å²) in [7, 11) is -17.1. The predicted octanol–water partition coefficient (Wildman–Crippen LogP) is -0.112. The molecule has 0 saturated carbocycles. The van der Waals surface area contributed by atoms with Gasteiger partial charge in [0.1, 0.15) is 0 Å². The zero-order chi connectivity index (χ0) is 20.1. The molecule has 0 heterocycles. The van der Waals surface area contributed by atoms with Crippen molar-refractivity contribution in [2.24, 2.45) is 0 Å². The molecule has 2 unspecified atom stereocenters. The quantitative estimate of drug-likeness (QED) is 0.410. The van der Waals surface area contributed by atoms with Gasteiger partial charge in [0.25, 0.3) is 0 Å². The van der Waals surface area contributed by atoms with Crippen LogP contribution in [0.2, 0.25) is 0 Å². The first-order chi connectivity index (χ1) is 11.2. The van der Waals surface area contributed by atoms with Gasteiger partial charge in [0, 0.05) is 21.6 Å². The second-order valence-electron chi connectivity index (χ2n) is 4.50. The summed E-state index contributed by atoms with van der Waals surface area (Å²) in [5, 5.41) is 1.66. The molecule has 0 N–H and O–H groups in total. The molecule has 0 radical (unpaired) electrons. The van der Waals surface area contributed by atoms with E-state index in [0.29, 0.717) is 21.6 Å². The van der Waals surface area contributed by atoms with Crippen LogP contribution in [-0.2, 0) is 44.1 Å². The summed E-state index contributed by atoms with van der Waals surface area (Å²) in [5.74, 6) is -2.36. The van der Waals surface area contributed by atoms with Gasteiger partial charge in [0.15, 0.2) is 50.2 Å². The summed E-state index contributed by atoms with van der Waals surface area (Å²) in [6, 6.07) is 0. The van der Waals surface area contributed by atoms with E-state index in [0.717, 1.165) is 0 Å². The molecule has 0 aliphatic carbocycles. The Hall–Kier alpha value is -1.28. The fraction of sp³-hybridized carbons (Fsp3) is 0.333. The van der Waals surface area contributed by atoms with Gasteiger partial charge in [-0.05, 0) is 0 Å². The number of sulfone groups is 4. The average molecular weight is 435 g/mol. The van der Waals surface area contributed by atoms with Crippen LogP contribution in [0.3, 0.4) is 0 Å². The number of rotatable bonds is 12. The van der Waals surface area contributed by atoms with E-state index < -0.39 is 61.7 Å². The van der Waals surface area contributed by atoms with E-state index in [-0.39, 0.29) is 0 Å². The fourth-order valence-electron chi connectivity index (χ4n) is 1.32. The van der Waals surface area contributed by atoms with Crippen molar-refractivity contribution in [2.45, 2.75) is 10.9 Å². The van der Waals surface area contributed by atoms with Crippen LogP contribution in [0.5, 0.6) is 0 Å². The number of hydrogen-bond donors (Lipinski definition) is 0. The molecule has 2 atom stereocenters. The molecule has 0 amide bonds. The van der Waals surface area contributed by atoms with E-state index in [4.69, 9.17) is 4.74 Å². The molecule has 0 aromatic heterocycles. The largest absolute Gasteiger partial charge is 0.340 e. The molecule has 0 spiro atoms. The van der Waals surface area contributed by atoms with E-state index in [1.807, 2.05) is 0 Å². The second kappa shape index (κ2) is 8.40. The van der Waals surface area contributed by atoms with Gasteiger partial charge in [-0.15, -0.1) is 0 Å². The van der Waals surface area contributed by atoms with Crippen LogP contribution < -0.4 is 0 Å². The monoisotopic (exact) mass is 434 g/mol. The van der Waals surface area contributed by atoms with Crippen molar-refractivity contribution in [3.63, 3.8) is 0 Å². The lowest BCUT2D eigenvalue weighted by atomic mass is 10.8. The van der Waals surface area contributed by atoms with Crippen LogP contribution >= 0.6 is 0 Å². The van der Waals surface area contributed by atoms with E-state index in [2.05, 4.69) is 26.3 Å². The van der Waals surface area contributed by atoms with Crippen molar-refractivity contribution in [1.29, 1.82) is 0 Å². The van der Waals surface area contributed by atoms with Crippen LogP contribution in [0.4, 0.5) is 0 Å². The lowest BCUT2D eigenvalue weighted by molar-refractivity contribution is 0.105. The van der Waals surface area contributed by atoms with E-state index in [1.165, 1.54) is 0 Å². The minimum absolute atomic E-state index is 0.371. The molecule has 0 rings (SSSR count). The first-order valence-corrected chi connectivity index (χ1v) is 12.9. The first kappa shape index (κ1) is 23.7. The third-order valence-corrected chi connectivity index (χ3v) is 8.67. The van der Waals surface area contributed by atoms with Crippen molar-refractivity contribution in [3.8, 4) is 0 Å². The maximum absolute atomic E-state index is 11.9. The molecular weight excluding hydrogens is 416 g/mol. The molecule has 0 aliphatic rings. The SMILES string of the molecule is C=CS(=O)(=O)CC(OC(CS(=O)(=O)C=C)S(=O)(=O)C=C)S(=O)(=O)C=C. The Morgan fingerprint density at radius 1 is 0.600 bits per heavy atom. The summed E-state index contributed by atoms with van der Waals surface area (Å²) in [4.78, 5) is 0. The zero-order valence-electron chi connectivity index (χ0n) is 13.0. The third-order valence-electron chi connectivity index (χ3n) is 2.75. The third kappa shape index (κ3) is 7.23. The van der Waals surface area contributed by atoms with Gasteiger partial charge in [0.2, 0.25) is 0 Å². The molecule has 9 nitrogen and oxygen atoms in total. The zero-order valence-corrected chi connectivity index (χ0v) is 16.3. The van der Waals surface area contributed by atoms with Crippen LogP contribution in [0.25, 0.3) is 0 Å². The number of ether oxygens (including phenoxy) is 1. The van der Waals surface area contributed by atoms with Crippen molar-refractivity contribution < 1.29 is 38.4 Å². The Labute approximate surface area is 148 Å². The van der Waals surface area contributed by atoms with Gasteiger partial charge in [-0.2, -0.15) is 0 Å². The normalized spacial score (nSPS) is 15.7. The molecule has 13 heteroatoms. The minimum atomic E-state index is -4.43. The maximum atomic E-state index is 11.9. The van der Waals surface area contributed by atoms with Gasteiger partial charge < -0.3 is 4.74 Å². The molecule has 0 saturated heterocycles. The standard InChI is InChI=1S/C12H18O9S4/c1-5-22(13,14)9-11(24(17,18)7-3)21-12(25(19,20)8-4)10-23(15,16)6-2/h5-8,11-12H,1-4,9-10H2. The van der Waals surface area contributed by atoms with Gasteiger partial charge in [-0.1, -0.05) is 26.3 Å². The summed E-state index contributed by atoms with van der Waals surface area (Å²) >= 11 is 0. The molecule has 0 fully saturated rings. The lowest BCUT2D eigenvalue weighted by Crippen LogP contribution is -2.39. The van der Waals surface area contributed by atoms with E-state index in [9.17, 15) is 33.7 Å². The highest BCUT2D eigenvalue weighted by molar-refractivity contribution is 7.99.